The Morgan fingerprint density at radius 3 is 2.80 bits per heavy atom. The second-order valence-corrected chi connectivity index (χ2v) is 2.90. The highest BCUT2D eigenvalue weighted by Gasteiger charge is 2.06. The lowest BCUT2D eigenvalue weighted by atomic mass is 10.4. The molecule has 0 saturated heterocycles. The summed E-state index contributed by atoms with van der Waals surface area (Å²) in [5.74, 6) is 0.858. The van der Waals surface area contributed by atoms with E-state index in [1.807, 2.05) is 0 Å². The highest BCUT2D eigenvalue weighted by atomic mass is 16.5. The van der Waals surface area contributed by atoms with Crippen molar-refractivity contribution >= 4 is 0 Å². The van der Waals surface area contributed by atoms with Crippen LogP contribution in [-0.4, -0.2) is 37.5 Å². The molecule has 0 aliphatic rings. The maximum absolute atomic E-state index is 9.21. The first-order valence-electron chi connectivity index (χ1n) is 4.62. The Hall–Kier alpha value is -1.49. The van der Waals surface area contributed by atoms with Crippen molar-refractivity contribution < 1.29 is 19.3 Å². The standard InChI is InChI=1S/C10H15NO4/c1-13-4-3-5-15-9-6-8(12)7-11-10(9)14-2/h6-7,12H,3-5H2,1-2H3. The maximum atomic E-state index is 9.21. The average Bonchev–Trinajstić information content (AvgIpc) is 2.25. The molecular formula is C10H15NO4. The van der Waals surface area contributed by atoms with Crippen LogP contribution in [0.25, 0.3) is 0 Å². The minimum absolute atomic E-state index is 0.0533. The van der Waals surface area contributed by atoms with Crippen molar-refractivity contribution in [2.75, 3.05) is 27.4 Å². The van der Waals surface area contributed by atoms with Crippen LogP contribution in [-0.2, 0) is 4.74 Å². The molecule has 1 N–H and O–H groups in total. The van der Waals surface area contributed by atoms with E-state index in [9.17, 15) is 5.11 Å². The Morgan fingerprint density at radius 2 is 2.13 bits per heavy atom. The highest BCUT2D eigenvalue weighted by Crippen LogP contribution is 2.27. The number of aromatic hydroxyl groups is 1. The number of hydrogen-bond donors (Lipinski definition) is 1. The van der Waals surface area contributed by atoms with Crippen LogP contribution in [0.5, 0.6) is 17.4 Å². The molecule has 1 aromatic heterocycles. The van der Waals surface area contributed by atoms with E-state index in [1.54, 1.807) is 7.11 Å². The van der Waals surface area contributed by atoms with Crippen LogP contribution in [0.4, 0.5) is 0 Å². The first-order chi connectivity index (χ1) is 7.27. The van der Waals surface area contributed by atoms with Crippen molar-refractivity contribution in [3.05, 3.63) is 12.3 Å². The fourth-order valence-corrected chi connectivity index (χ4v) is 1.06. The Morgan fingerprint density at radius 1 is 1.33 bits per heavy atom. The number of hydrogen-bond acceptors (Lipinski definition) is 5. The Balaban J connectivity index is 2.54. The predicted octanol–water partition coefficient (Wildman–Crippen LogP) is 1.21. The third kappa shape index (κ3) is 3.63. The van der Waals surface area contributed by atoms with Gasteiger partial charge in [-0.3, -0.25) is 0 Å². The maximum Gasteiger partial charge on any atom is 0.256 e. The molecule has 5 heteroatoms. The van der Waals surface area contributed by atoms with Gasteiger partial charge in [0.05, 0.1) is 19.9 Å². The quantitative estimate of drug-likeness (QED) is 0.720. The van der Waals surface area contributed by atoms with E-state index in [1.165, 1.54) is 19.4 Å². The van der Waals surface area contributed by atoms with Gasteiger partial charge in [-0.1, -0.05) is 0 Å². The van der Waals surface area contributed by atoms with Gasteiger partial charge in [0, 0.05) is 26.2 Å². The third-order valence-corrected chi connectivity index (χ3v) is 1.75. The van der Waals surface area contributed by atoms with Crippen LogP contribution in [0.15, 0.2) is 12.3 Å². The molecule has 0 unspecified atom stereocenters. The molecule has 0 amide bonds. The topological polar surface area (TPSA) is 60.8 Å². The normalized spacial score (nSPS) is 10.0. The molecule has 0 aliphatic carbocycles. The number of ether oxygens (including phenoxy) is 3. The van der Waals surface area contributed by atoms with Gasteiger partial charge in [-0.05, 0) is 0 Å². The lowest BCUT2D eigenvalue weighted by molar-refractivity contribution is 0.170. The molecule has 0 saturated carbocycles. The summed E-state index contributed by atoms with van der Waals surface area (Å²) in [5.41, 5.74) is 0. The number of nitrogens with zero attached hydrogens (tertiary/aromatic N) is 1. The van der Waals surface area contributed by atoms with Gasteiger partial charge in [0.2, 0.25) is 0 Å². The lowest BCUT2D eigenvalue weighted by Crippen LogP contribution is -2.03. The van der Waals surface area contributed by atoms with Crippen molar-refractivity contribution in [3.63, 3.8) is 0 Å². The van der Waals surface area contributed by atoms with Crippen LogP contribution in [0.2, 0.25) is 0 Å². The molecule has 0 bridgehead atoms. The fraction of sp³-hybridized carbons (Fsp3) is 0.500. The molecule has 5 nitrogen and oxygen atoms in total. The zero-order chi connectivity index (χ0) is 11.1. The zero-order valence-electron chi connectivity index (χ0n) is 8.90. The van der Waals surface area contributed by atoms with Gasteiger partial charge in [0.1, 0.15) is 5.75 Å². The van der Waals surface area contributed by atoms with E-state index in [0.717, 1.165) is 6.42 Å². The number of methoxy groups -OCH3 is 2. The molecule has 15 heavy (non-hydrogen) atoms. The van der Waals surface area contributed by atoms with Crippen LogP contribution in [0.3, 0.4) is 0 Å². The summed E-state index contributed by atoms with van der Waals surface area (Å²) in [5, 5.41) is 9.21. The summed E-state index contributed by atoms with van der Waals surface area (Å²) in [7, 11) is 3.14. The van der Waals surface area contributed by atoms with Gasteiger partial charge in [-0.25, -0.2) is 4.98 Å². The molecule has 1 rings (SSSR count). The number of rotatable bonds is 6. The van der Waals surface area contributed by atoms with Crippen LogP contribution in [0.1, 0.15) is 6.42 Å². The Kier molecular flexibility index (Phi) is 4.70. The van der Waals surface area contributed by atoms with Crippen molar-refractivity contribution in [1.29, 1.82) is 0 Å². The van der Waals surface area contributed by atoms with Crippen LogP contribution >= 0.6 is 0 Å². The SMILES string of the molecule is COCCCOc1cc(O)cnc1OC. The van der Waals surface area contributed by atoms with E-state index >= 15 is 0 Å². The molecule has 84 valence electrons. The van der Waals surface area contributed by atoms with Gasteiger partial charge in [0.25, 0.3) is 5.88 Å². The van der Waals surface area contributed by atoms with Crippen molar-refractivity contribution in [2.24, 2.45) is 0 Å². The summed E-state index contributed by atoms with van der Waals surface area (Å²) in [4.78, 5) is 3.87. The number of aromatic nitrogens is 1. The summed E-state index contributed by atoms with van der Waals surface area (Å²) in [6, 6.07) is 1.47. The molecule has 0 aliphatic heterocycles. The minimum atomic E-state index is 0.0533. The smallest absolute Gasteiger partial charge is 0.256 e. The molecule has 0 fully saturated rings. The predicted molar refractivity (Wildman–Crippen MR) is 54.4 cm³/mol. The minimum Gasteiger partial charge on any atom is -0.506 e. The molecule has 1 aromatic rings. The molecule has 0 atom stereocenters. The number of pyridine rings is 1. The van der Waals surface area contributed by atoms with Crippen LogP contribution in [0, 0.1) is 0 Å². The fourth-order valence-electron chi connectivity index (χ4n) is 1.06. The molecule has 0 aromatic carbocycles. The highest BCUT2D eigenvalue weighted by molar-refractivity contribution is 5.38. The van der Waals surface area contributed by atoms with Crippen molar-refractivity contribution in [2.45, 2.75) is 6.42 Å². The zero-order valence-corrected chi connectivity index (χ0v) is 8.90. The summed E-state index contributed by atoms with van der Waals surface area (Å²) >= 11 is 0. The van der Waals surface area contributed by atoms with E-state index in [-0.39, 0.29) is 5.75 Å². The second-order valence-electron chi connectivity index (χ2n) is 2.90. The van der Waals surface area contributed by atoms with E-state index in [2.05, 4.69) is 4.98 Å². The first-order valence-corrected chi connectivity index (χ1v) is 4.62. The van der Waals surface area contributed by atoms with E-state index in [0.29, 0.717) is 24.8 Å². The van der Waals surface area contributed by atoms with Gasteiger partial charge < -0.3 is 19.3 Å². The lowest BCUT2D eigenvalue weighted by Gasteiger charge is -2.09. The summed E-state index contributed by atoms with van der Waals surface area (Å²) < 4.78 is 15.2. The van der Waals surface area contributed by atoms with Gasteiger partial charge >= 0.3 is 0 Å². The van der Waals surface area contributed by atoms with E-state index < -0.39 is 0 Å². The molecular weight excluding hydrogens is 198 g/mol. The van der Waals surface area contributed by atoms with Gasteiger partial charge in [-0.15, -0.1) is 0 Å². The molecule has 0 spiro atoms. The van der Waals surface area contributed by atoms with E-state index in [4.69, 9.17) is 14.2 Å². The average molecular weight is 213 g/mol. The Bertz CT molecular complexity index is 303. The first kappa shape index (κ1) is 11.6. The summed E-state index contributed by atoms with van der Waals surface area (Å²) in [6.07, 6.45) is 2.08. The summed E-state index contributed by atoms with van der Waals surface area (Å²) in [6.45, 7) is 1.13. The van der Waals surface area contributed by atoms with Crippen molar-refractivity contribution in [1.82, 2.24) is 4.98 Å². The largest absolute Gasteiger partial charge is 0.506 e. The van der Waals surface area contributed by atoms with Crippen molar-refractivity contribution in [3.8, 4) is 17.4 Å². The van der Waals surface area contributed by atoms with Crippen LogP contribution < -0.4 is 9.47 Å². The monoisotopic (exact) mass is 213 g/mol. The van der Waals surface area contributed by atoms with Gasteiger partial charge in [0.15, 0.2) is 5.75 Å². The Labute approximate surface area is 88.6 Å². The second kappa shape index (κ2) is 6.08. The third-order valence-electron chi connectivity index (χ3n) is 1.75. The molecule has 0 radical (unpaired) electrons. The van der Waals surface area contributed by atoms with Gasteiger partial charge in [-0.2, -0.15) is 0 Å². The molecule has 1 heterocycles.